The highest BCUT2D eigenvalue weighted by Crippen LogP contribution is 2.20. The molecule has 3 aromatic carbocycles. The van der Waals surface area contributed by atoms with Crippen LogP contribution < -0.4 is 10.5 Å². The minimum Gasteiger partial charge on any atom is -0.368 e. The predicted molar refractivity (Wildman–Crippen MR) is 140 cm³/mol. The summed E-state index contributed by atoms with van der Waals surface area (Å²) in [5, 5.41) is 1.28. The number of aromatic nitrogens is 2. The molecule has 0 saturated carbocycles. The summed E-state index contributed by atoms with van der Waals surface area (Å²) in [7, 11) is 0. The number of piperazine rings is 1. The maximum absolute atomic E-state index is 13.5. The smallest absolute Gasteiger partial charge is 0.284 e. The lowest BCUT2D eigenvalue weighted by Gasteiger charge is -2.35. The highest BCUT2D eigenvalue weighted by molar-refractivity contribution is 6.30. The molecule has 178 valence electrons. The summed E-state index contributed by atoms with van der Waals surface area (Å²) in [5.74, 6) is -0.250. The zero-order valence-electron chi connectivity index (χ0n) is 19.0. The third kappa shape index (κ3) is 4.99. The zero-order chi connectivity index (χ0) is 24.4. The minimum absolute atomic E-state index is 0.163. The van der Waals surface area contributed by atoms with Crippen molar-refractivity contribution in [3.05, 3.63) is 117 Å². The van der Waals surface area contributed by atoms with Gasteiger partial charge in [-0.1, -0.05) is 53.5 Å². The Balaban J connectivity index is 1.41. The van der Waals surface area contributed by atoms with Crippen LogP contribution in [0.15, 0.2) is 89.9 Å². The predicted octanol–water partition coefficient (Wildman–Crippen LogP) is 4.96. The fraction of sp³-hybridized carbons (Fsp3) is 0.185. The van der Waals surface area contributed by atoms with Gasteiger partial charge in [-0.25, -0.2) is 4.68 Å². The zero-order valence-corrected chi connectivity index (χ0v) is 20.5. The molecule has 5 rings (SSSR count). The minimum atomic E-state index is -0.339. The van der Waals surface area contributed by atoms with E-state index in [-0.39, 0.29) is 17.0 Å². The van der Waals surface area contributed by atoms with E-state index in [4.69, 9.17) is 23.2 Å². The molecule has 0 unspecified atom stereocenters. The number of rotatable bonds is 5. The summed E-state index contributed by atoms with van der Waals surface area (Å²) in [6, 6.07) is 24.6. The molecule has 0 N–H and O–H groups in total. The summed E-state index contributed by atoms with van der Waals surface area (Å²) >= 11 is 12.1. The van der Waals surface area contributed by atoms with Crippen LogP contribution in [0.1, 0.15) is 15.9 Å². The third-order valence-electron chi connectivity index (χ3n) is 6.21. The van der Waals surface area contributed by atoms with E-state index in [0.29, 0.717) is 48.5 Å². The number of anilines is 1. The van der Waals surface area contributed by atoms with Crippen LogP contribution in [-0.4, -0.2) is 46.3 Å². The van der Waals surface area contributed by atoms with Gasteiger partial charge in [0.25, 0.3) is 11.5 Å². The Morgan fingerprint density at radius 1 is 0.743 bits per heavy atom. The molecule has 1 aromatic heterocycles. The van der Waals surface area contributed by atoms with E-state index in [0.717, 1.165) is 11.3 Å². The van der Waals surface area contributed by atoms with Crippen LogP contribution in [0.3, 0.4) is 0 Å². The fourth-order valence-electron chi connectivity index (χ4n) is 4.36. The summed E-state index contributed by atoms with van der Waals surface area (Å²) in [6.45, 7) is 2.89. The molecule has 4 aromatic rings. The summed E-state index contributed by atoms with van der Waals surface area (Å²) in [5.41, 5.74) is 2.58. The van der Waals surface area contributed by atoms with Crippen molar-refractivity contribution in [1.29, 1.82) is 0 Å². The molecule has 0 aliphatic carbocycles. The maximum atomic E-state index is 13.5. The van der Waals surface area contributed by atoms with Gasteiger partial charge in [0.15, 0.2) is 0 Å². The van der Waals surface area contributed by atoms with E-state index in [1.165, 1.54) is 0 Å². The van der Waals surface area contributed by atoms with Crippen molar-refractivity contribution < 1.29 is 4.79 Å². The van der Waals surface area contributed by atoms with Crippen molar-refractivity contribution in [2.45, 2.75) is 6.54 Å². The van der Waals surface area contributed by atoms with Crippen molar-refractivity contribution in [2.75, 3.05) is 31.1 Å². The monoisotopic (exact) mass is 506 g/mol. The van der Waals surface area contributed by atoms with E-state index in [2.05, 4.69) is 4.90 Å². The van der Waals surface area contributed by atoms with Gasteiger partial charge >= 0.3 is 0 Å². The number of carbonyl (C=O) groups excluding carboxylic acids is 1. The first-order chi connectivity index (χ1) is 17.0. The van der Waals surface area contributed by atoms with Crippen molar-refractivity contribution in [3.8, 4) is 5.69 Å². The standard InChI is InChI=1S/C27H24Cl2N4O2/c28-21-6-10-23(11-7-21)30-14-16-31(17-15-30)26(34)25-19-32(18-20-4-2-1-3-5-20)33(27(25)35)24-12-8-22(29)9-13-24/h1-13,19H,14-18H2. The largest absolute Gasteiger partial charge is 0.368 e. The fourth-order valence-corrected chi connectivity index (χ4v) is 4.62. The van der Waals surface area contributed by atoms with Crippen molar-refractivity contribution in [2.24, 2.45) is 0 Å². The molecule has 8 heteroatoms. The van der Waals surface area contributed by atoms with Gasteiger partial charge in [0.1, 0.15) is 5.56 Å². The number of hydrogen-bond donors (Lipinski definition) is 0. The maximum Gasteiger partial charge on any atom is 0.284 e. The molecular formula is C27H24Cl2N4O2. The second-order valence-electron chi connectivity index (χ2n) is 8.47. The molecule has 1 amide bonds. The molecule has 35 heavy (non-hydrogen) atoms. The molecule has 1 aliphatic rings. The van der Waals surface area contributed by atoms with E-state index in [1.807, 2.05) is 54.6 Å². The first kappa shape index (κ1) is 23.3. The average Bonchev–Trinajstić information content (AvgIpc) is 3.20. The van der Waals surface area contributed by atoms with Gasteiger partial charge in [-0.05, 0) is 54.1 Å². The lowest BCUT2D eigenvalue weighted by Crippen LogP contribution is -2.49. The Bertz CT molecular complexity index is 1370. The van der Waals surface area contributed by atoms with E-state index in [1.54, 1.807) is 44.7 Å². The van der Waals surface area contributed by atoms with Crippen molar-refractivity contribution in [1.82, 2.24) is 14.3 Å². The lowest BCUT2D eigenvalue weighted by molar-refractivity contribution is 0.0745. The van der Waals surface area contributed by atoms with Crippen LogP contribution in [0.4, 0.5) is 5.69 Å². The van der Waals surface area contributed by atoms with Gasteiger partial charge in [-0.3, -0.25) is 14.3 Å². The van der Waals surface area contributed by atoms with Crippen LogP contribution in [0.2, 0.25) is 10.0 Å². The Morgan fingerprint density at radius 2 is 1.31 bits per heavy atom. The second kappa shape index (κ2) is 10.0. The molecule has 0 bridgehead atoms. The van der Waals surface area contributed by atoms with E-state index >= 15 is 0 Å². The lowest BCUT2D eigenvalue weighted by atomic mass is 10.2. The number of carbonyl (C=O) groups is 1. The number of amides is 1. The highest BCUT2D eigenvalue weighted by Gasteiger charge is 2.27. The molecule has 0 spiro atoms. The van der Waals surface area contributed by atoms with E-state index in [9.17, 15) is 9.59 Å². The summed E-state index contributed by atoms with van der Waals surface area (Å²) < 4.78 is 3.33. The van der Waals surface area contributed by atoms with Crippen molar-refractivity contribution >= 4 is 34.8 Å². The topological polar surface area (TPSA) is 50.5 Å². The Kier molecular flexibility index (Phi) is 6.66. The highest BCUT2D eigenvalue weighted by atomic mass is 35.5. The van der Waals surface area contributed by atoms with Crippen LogP contribution in [-0.2, 0) is 6.54 Å². The third-order valence-corrected chi connectivity index (χ3v) is 6.71. The van der Waals surface area contributed by atoms with E-state index < -0.39 is 0 Å². The summed E-state index contributed by atoms with van der Waals surface area (Å²) in [6.07, 6.45) is 1.66. The second-order valence-corrected chi connectivity index (χ2v) is 9.35. The normalized spacial score (nSPS) is 13.8. The molecule has 1 saturated heterocycles. The molecule has 1 aliphatic heterocycles. The molecule has 0 radical (unpaired) electrons. The molecule has 0 atom stereocenters. The van der Waals surface area contributed by atoms with Crippen LogP contribution in [0, 0.1) is 0 Å². The van der Waals surface area contributed by atoms with Gasteiger partial charge in [-0.2, -0.15) is 0 Å². The molecule has 1 fully saturated rings. The number of halogens is 2. The van der Waals surface area contributed by atoms with Gasteiger partial charge in [0, 0.05) is 48.1 Å². The van der Waals surface area contributed by atoms with Crippen LogP contribution in [0.25, 0.3) is 5.69 Å². The number of hydrogen-bond acceptors (Lipinski definition) is 3. The average molecular weight is 507 g/mol. The molecule has 2 heterocycles. The van der Waals surface area contributed by atoms with Gasteiger partial charge in [0.2, 0.25) is 0 Å². The van der Waals surface area contributed by atoms with Crippen molar-refractivity contribution in [3.63, 3.8) is 0 Å². The quantitative estimate of drug-likeness (QED) is 0.384. The molecule has 6 nitrogen and oxygen atoms in total. The first-order valence-corrected chi connectivity index (χ1v) is 12.2. The van der Waals surface area contributed by atoms with Gasteiger partial charge in [-0.15, -0.1) is 0 Å². The Labute approximate surface area is 213 Å². The Hall–Kier alpha value is -3.48. The summed E-state index contributed by atoms with van der Waals surface area (Å²) in [4.78, 5) is 30.9. The molecular weight excluding hydrogens is 483 g/mol. The SMILES string of the molecule is O=C(c1cn(Cc2ccccc2)n(-c2ccc(Cl)cc2)c1=O)N1CCN(c2ccc(Cl)cc2)CC1. The van der Waals surface area contributed by atoms with Gasteiger partial charge in [0.05, 0.1) is 12.2 Å². The van der Waals surface area contributed by atoms with Gasteiger partial charge < -0.3 is 9.80 Å². The first-order valence-electron chi connectivity index (χ1n) is 11.4. The number of nitrogens with zero attached hydrogens (tertiary/aromatic N) is 4. The van der Waals surface area contributed by atoms with Crippen LogP contribution in [0.5, 0.6) is 0 Å². The Morgan fingerprint density at radius 3 is 1.91 bits per heavy atom. The van der Waals surface area contributed by atoms with Crippen LogP contribution >= 0.6 is 23.2 Å². The number of benzene rings is 3.